The van der Waals surface area contributed by atoms with Crippen molar-refractivity contribution in [2.24, 2.45) is 11.8 Å². The molecule has 0 spiro atoms. The number of rotatable bonds is 12. The molecule has 34 heavy (non-hydrogen) atoms. The van der Waals surface area contributed by atoms with E-state index in [2.05, 4.69) is 34.9 Å². The molecule has 2 aromatic carbocycles. The number of nitrogens with one attached hydrogen (secondary N) is 2. The summed E-state index contributed by atoms with van der Waals surface area (Å²) in [5.74, 6) is -1.48. The van der Waals surface area contributed by atoms with Crippen LogP contribution in [0.4, 0.5) is 4.79 Å². The van der Waals surface area contributed by atoms with Crippen molar-refractivity contribution in [3.8, 4) is 11.1 Å². The number of ether oxygens (including phenoxy) is 2. The predicted octanol–water partition coefficient (Wildman–Crippen LogP) is 3.40. The highest BCUT2D eigenvalue weighted by atomic mass is 16.5. The summed E-state index contributed by atoms with van der Waals surface area (Å²) in [5, 5.41) is 14.0. The largest absolute Gasteiger partial charge is 0.480 e. The van der Waals surface area contributed by atoms with E-state index in [-0.39, 0.29) is 44.0 Å². The first-order valence-electron chi connectivity index (χ1n) is 11.5. The van der Waals surface area contributed by atoms with Gasteiger partial charge in [0, 0.05) is 19.0 Å². The minimum atomic E-state index is -1.06. The third-order valence-electron chi connectivity index (χ3n) is 5.73. The number of carbonyl (C=O) groups is 3. The summed E-state index contributed by atoms with van der Waals surface area (Å²) < 4.78 is 10.5. The van der Waals surface area contributed by atoms with Crippen LogP contribution in [0.25, 0.3) is 11.1 Å². The first-order valence-corrected chi connectivity index (χ1v) is 11.5. The molecule has 0 fully saturated rings. The fraction of sp³-hybridized carbons (Fsp3) is 0.423. The van der Waals surface area contributed by atoms with Crippen molar-refractivity contribution in [2.75, 3.05) is 32.9 Å². The Kier molecular flexibility index (Phi) is 9.04. The molecule has 0 aromatic heterocycles. The third kappa shape index (κ3) is 6.81. The van der Waals surface area contributed by atoms with E-state index in [1.165, 1.54) is 0 Å². The number of hydrogen-bond acceptors (Lipinski definition) is 5. The van der Waals surface area contributed by atoms with E-state index >= 15 is 0 Å². The molecule has 0 bridgehead atoms. The maximum Gasteiger partial charge on any atom is 0.407 e. The third-order valence-corrected chi connectivity index (χ3v) is 5.73. The van der Waals surface area contributed by atoms with Crippen LogP contribution in [0, 0.1) is 11.8 Å². The Hall–Kier alpha value is -3.39. The maximum absolute atomic E-state index is 12.6. The van der Waals surface area contributed by atoms with Crippen molar-refractivity contribution in [2.45, 2.75) is 26.2 Å². The molecule has 2 aromatic rings. The molecule has 1 aliphatic rings. The molecule has 0 heterocycles. The zero-order valence-electron chi connectivity index (χ0n) is 19.6. The van der Waals surface area contributed by atoms with Crippen LogP contribution in [0.15, 0.2) is 48.5 Å². The van der Waals surface area contributed by atoms with Gasteiger partial charge in [0.1, 0.15) is 13.2 Å². The Bertz CT molecular complexity index is 961. The molecule has 3 rings (SSSR count). The molecule has 1 aliphatic carbocycles. The molecule has 0 radical (unpaired) electrons. The van der Waals surface area contributed by atoms with Crippen LogP contribution in [0.1, 0.15) is 37.3 Å². The SMILES string of the molecule is CC(C)CC(CNC(=O)OCC1c2ccccc2-c2ccccc21)C(=O)NCCOCC(=O)O. The summed E-state index contributed by atoms with van der Waals surface area (Å²) in [5.41, 5.74) is 4.60. The second-order valence-corrected chi connectivity index (χ2v) is 8.77. The summed E-state index contributed by atoms with van der Waals surface area (Å²) in [7, 11) is 0. The van der Waals surface area contributed by atoms with Crippen molar-refractivity contribution in [1.29, 1.82) is 0 Å². The van der Waals surface area contributed by atoms with Crippen molar-refractivity contribution in [3.05, 3.63) is 59.7 Å². The molecule has 0 saturated carbocycles. The minimum absolute atomic E-state index is 0.0290. The van der Waals surface area contributed by atoms with E-state index in [1.807, 2.05) is 38.1 Å². The monoisotopic (exact) mass is 468 g/mol. The number of carboxylic acids is 1. The smallest absolute Gasteiger partial charge is 0.407 e. The standard InChI is InChI=1S/C26H32N2O6/c1-17(2)13-18(25(31)27-11-12-33-16-24(29)30)14-28-26(32)34-15-23-21-9-5-3-7-19(21)20-8-4-6-10-22(20)23/h3-10,17-18,23H,11-16H2,1-2H3,(H,27,31)(H,28,32)(H,29,30). The highest BCUT2D eigenvalue weighted by Gasteiger charge is 2.29. The molecule has 8 heteroatoms. The molecule has 8 nitrogen and oxygen atoms in total. The van der Waals surface area contributed by atoms with Crippen molar-refractivity contribution in [3.63, 3.8) is 0 Å². The molecular weight excluding hydrogens is 436 g/mol. The number of carboxylic acid groups (broad SMARTS) is 1. The second-order valence-electron chi connectivity index (χ2n) is 8.77. The van der Waals surface area contributed by atoms with Gasteiger partial charge in [0.15, 0.2) is 0 Å². The molecule has 0 aliphatic heterocycles. The van der Waals surface area contributed by atoms with Crippen LogP contribution in [0.2, 0.25) is 0 Å². The first kappa shape index (κ1) is 25.2. The van der Waals surface area contributed by atoms with Gasteiger partial charge in [-0.15, -0.1) is 0 Å². The van der Waals surface area contributed by atoms with Gasteiger partial charge in [-0.2, -0.15) is 0 Å². The summed E-state index contributed by atoms with van der Waals surface area (Å²) in [6.45, 7) is 4.26. The van der Waals surface area contributed by atoms with Crippen LogP contribution in [-0.4, -0.2) is 56.0 Å². The van der Waals surface area contributed by atoms with Crippen molar-refractivity contribution >= 4 is 18.0 Å². The second kappa shape index (κ2) is 12.2. The summed E-state index contributed by atoms with van der Waals surface area (Å²) >= 11 is 0. The van der Waals surface area contributed by atoms with Gasteiger partial charge in [-0.25, -0.2) is 9.59 Å². The highest BCUT2D eigenvalue weighted by Crippen LogP contribution is 2.44. The fourth-order valence-corrected chi connectivity index (χ4v) is 4.26. The summed E-state index contributed by atoms with van der Waals surface area (Å²) in [6.07, 6.45) is 0.0269. The Labute approximate surface area is 199 Å². The van der Waals surface area contributed by atoms with Gasteiger partial charge in [-0.3, -0.25) is 4.79 Å². The number of amides is 2. The van der Waals surface area contributed by atoms with Gasteiger partial charge in [0.2, 0.25) is 5.91 Å². The highest BCUT2D eigenvalue weighted by molar-refractivity contribution is 5.80. The van der Waals surface area contributed by atoms with Crippen LogP contribution >= 0.6 is 0 Å². The molecule has 1 unspecified atom stereocenters. The quantitative estimate of drug-likeness (QED) is 0.412. The normalized spacial score (nSPS) is 13.1. The Morgan fingerprint density at radius 3 is 2.18 bits per heavy atom. The minimum Gasteiger partial charge on any atom is -0.480 e. The van der Waals surface area contributed by atoms with Gasteiger partial charge in [-0.05, 0) is 34.6 Å². The molecule has 0 saturated heterocycles. The van der Waals surface area contributed by atoms with Crippen LogP contribution in [0.3, 0.4) is 0 Å². The van der Waals surface area contributed by atoms with E-state index in [4.69, 9.17) is 14.6 Å². The van der Waals surface area contributed by atoms with Gasteiger partial charge < -0.3 is 25.2 Å². The number of aliphatic carboxylic acids is 1. The Balaban J connectivity index is 1.50. The lowest BCUT2D eigenvalue weighted by molar-refractivity contribution is -0.142. The first-order chi connectivity index (χ1) is 16.4. The van der Waals surface area contributed by atoms with E-state index in [1.54, 1.807) is 0 Å². The lowest BCUT2D eigenvalue weighted by Gasteiger charge is -2.20. The zero-order valence-corrected chi connectivity index (χ0v) is 19.6. The van der Waals surface area contributed by atoms with E-state index in [0.717, 1.165) is 22.3 Å². The van der Waals surface area contributed by atoms with Gasteiger partial charge >= 0.3 is 12.1 Å². The predicted molar refractivity (Wildman–Crippen MR) is 127 cm³/mol. The molecular formula is C26H32N2O6. The lowest BCUT2D eigenvalue weighted by atomic mass is 9.96. The van der Waals surface area contributed by atoms with Gasteiger partial charge in [-0.1, -0.05) is 62.4 Å². The van der Waals surface area contributed by atoms with Crippen LogP contribution in [0.5, 0.6) is 0 Å². The lowest BCUT2D eigenvalue weighted by Crippen LogP contribution is -2.41. The number of carbonyl (C=O) groups excluding carboxylic acids is 2. The topological polar surface area (TPSA) is 114 Å². The Morgan fingerprint density at radius 1 is 0.971 bits per heavy atom. The Morgan fingerprint density at radius 2 is 1.59 bits per heavy atom. The zero-order chi connectivity index (χ0) is 24.5. The number of fused-ring (bicyclic) bond motifs is 3. The van der Waals surface area contributed by atoms with Crippen molar-refractivity contribution < 1.29 is 29.0 Å². The van der Waals surface area contributed by atoms with E-state index < -0.39 is 24.6 Å². The molecule has 2 amide bonds. The van der Waals surface area contributed by atoms with E-state index in [0.29, 0.717) is 6.42 Å². The molecule has 182 valence electrons. The van der Waals surface area contributed by atoms with Crippen LogP contribution in [-0.2, 0) is 19.1 Å². The average molecular weight is 469 g/mol. The average Bonchev–Trinajstić information content (AvgIpc) is 3.13. The number of benzene rings is 2. The van der Waals surface area contributed by atoms with Crippen molar-refractivity contribution in [1.82, 2.24) is 10.6 Å². The van der Waals surface area contributed by atoms with Gasteiger partial charge in [0.05, 0.1) is 12.5 Å². The summed E-state index contributed by atoms with van der Waals surface area (Å²) in [4.78, 5) is 35.5. The fourth-order valence-electron chi connectivity index (χ4n) is 4.26. The molecule has 3 N–H and O–H groups in total. The van der Waals surface area contributed by atoms with Gasteiger partial charge in [0.25, 0.3) is 0 Å². The van der Waals surface area contributed by atoms with E-state index in [9.17, 15) is 14.4 Å². The summed E-state index contributed by atoms with van der Waals surface area (Å²) in [6, 6.07) is 16.3. The molecule has 1 atom stereocenters. The van der Waals surface area contributed by atoms with Crippen LogP contribution < -0.4 is 10.6 Å². The number of hydrogen-bond donors (Lipinski definition) is 3. The maximum atomic E-state index is 12.6. The number of alkyl carbamates (subject to hydrolysis) is 1.